The predicted octanol–water partition coefficient (Wildman–Crippen LogP) is 4.48. The van der Waals surface area contributed by atoms with Crippen molar-refractivity contribution in [2.45, 2.75) is 30.4 Å². The number of benzene rings is 2. The van der Waals surface area contributed by atoms with Gasteiger partial charge in [-0.1, -0.05) is 11.8 Å². The van der Waals surface area contributed by atoms with Crippen LogP contribution in [0.4, 0.5) is 10.1 Å². The van der Waals surface area contributed by atoms with Crippen LogP contribution in [0, 0.1) is 5.82 Å². The van der Waals surface area contributed by atoms with Crippen LogP contribution in [0.5, 0.6) is 11.5 Å². The largest absolute Gasteiger partial charge is 0.497 e. The van der Waals surface area contributed by atoms with Gasteiger partial charge >= 0.3 is 0 Å². The number of carbonyl (C=O) groups excluding carboxylic acids is 1. The first-order valence-electron chi connectivity index (χ1n) is 8.82. The normalized spacial score (nSPS) is 12.8. The maximum Gasteiger partial charge on any atom is 0.277 e. The Hall–Kier alpha value is -3.07. The Morgan fingerprint density at radius 3 is 2.38 bits per heavy atom. The minimum atomic E-state index is -0.522. The average molecular weight is 417 g/mol. The van der Waals surface area contributed by atoms with E-state index in [2.05, 4.69) is 15.5 Å². The van der Waals surface area contributed by atoms with Gasteiger partial charge in [0, 0.05) is 5.69 Å². The number of anilines is 1. The third kappa shape index (κ3) is 5.71. The van der Waals surface area contributed by atoms with E-state index in [1.165, 1.54) is 24.3 Å². The summed E-state index contributed by atoms with van der Waals surface area (Å²) >= 11 is 1.14. The van der Waals surface area contributed by atoms with E-state index in [9.17, 15) is 9.18 Å². The third-order valence-corrected chi connectivity index (χ3v) is 4.83. The number of nitrogens with zero attached hydrogens (tertiary/aromatic N) is 2. The summed E-state index contributed by atoms with van der Waals surface area (Å²) in [4.78, 5) is 12.4. The highest BCUT2D eigenvalue weighted by molar-refractivity contribution is 8.00. The van der Waals surface area contributed by atoms with Crippen LogP contribution in [0.1, 0.15) is 25.8 Å². The molecule has 2 aromatic carbocycles. The van der Waals surface area contributed by atoms with Gasteiger partial charge in [-0.05, 0) is 62.4 Å². The highest BCUT2D eigenvalue weighted by Crippen LogP contribution is 2.27. The van der Waals surface area contributed by atoms with Crippen LogP contribution >= 0.6 is 11.8 Å². The van der Waals surface area contributed by atoms with Gasteiger partial charge in [-0.25, -0.2) is 4.39 Å². The van der Waals surface area contributed by atoms with Crippen molar-refractivity contribution in [3.63, 3.8) is 0 Å². The molecule has 7 nitrogen and oxygen atoms in total. The average Bonchev–Trinajstić information content (AvgIpc) is 3.19. The number of nitrogens with one attached hydrogen (secondary N) is 1. The van der Waals surface area contributed by atoms with Gasteiger partial charge in [-0.3, -0.25) is 4.79 Å². The van der Waals surface area contributed by atoms with Crippen LogP contribution in [0.3, 0.4) is 0 Å². The summed E-state index contributed by atoms with van der Waals surface area (Å²) in [7, 11) is 1.58. The molecule has 3 aromatic rings. The highest BCUT2D eigenvalue weighted by Gasteiger charge is 2.21. The third-order valence-electron chi connectivity index (χ3n) is 3.90. The van der Waals surface area contributed by atoms with Gasteiger partial charge in [0.15, 0.2) is 6.10 Å². The summed E-state index contributed by atoms with van der Waals surface area (Å²) in [6, 6.07) is 12.7. The van der Waals surface area contributed by atoms with Crippen molar-refractivity contribution in [2.75, 3.05) is 12.4 Å². The van der Waals surface area contributed by atoms with Crippen LogP contribution in [0.25, 0.3) is 0 Å². The Kier molecular flexibility index (Phi) is 6.71. The second-order valence-corrected chi connectivity index (χ2v) is 7.39. The lowest BCUT2D eigenvalue weighted by Gasteiger charge is -2.11. The number of carbonyl (C=O) groups is 1. The Morgan fingerprint density at radius 1 is 1.07 bits per heavy atom. The first-order valence-corrected chi connectivity index (χ1v) is 9.70. The monoisotopic (exact) mass is 417 g/mol. The summed E-state index contributed by atoms with van der Waals surface area (Å²) in [5, 5.41) is 10.5. The first kappa shape index (κ1) is 20.7. The molecule has 0 saturated heterocycles. The summed E-state index contributed by atoms with van der Waals surface area (Å²) in [5.74, 6) is 0.915. The molecule has 0 spiro atoms. The molecule has 0 fully saturated rings. The molecule has 1 heterocycles. The fourth-order valence-corrected chi connectivity index (χ4v) is 3.01. The molecule has 152 valence electrons. The maximum atomic E-state index is 13.0. The maximum absolute atomic E-state index is 13.0. The number of hydrogen-bond donors (Lipinski definition) is 1. The summed E-state index contributed by atoms with van der Waals surface area (Å²) in [6.07, 6.45) is -0.522. The number of aromatic nitrogens is 2. The molecule has 9 heteroatoms. The topological polar surface area (TPSA) is 86.5 Å². The second-order valence-electron chi connectivity index (χ2n) is 6.10. The van der Waals surface area contributed by atoms with E-state index < -0.39 is 11.4 Å². The van der Waals surface area contributed by atoms with Crippen molar-refractivity contribution in [3.8, 4) is 11.5 Å². The second kappa shape index (κ2) is 9.42. The van der Waals surface area contributed by atoms with Crippen molar-refractivity contribution in [1.82, 2.24) is 10.2 Å². The van der Waals surface area contributed by atoms with Gasteiger partial charge in [0.25, 0.3) is 11.1 Å². The molecule has 0 aliphatic carbocycles. The van der Waals surface area contributed by atoms with E-state index in [0.29, 0.717) is 17.2 Å². The van der Waals surface area contributed by atoms with E-state index in [1.54, 1.807) is 45.2 Å². The number of thioether (sulfide) groups is 1. The SMILES string of the molecule is COc1ccc(NC(=O)[C@H](C)Sc2nnc([C@H](C)Oc3ccc(F)cc3)o2)cc1. The lowest BCUT2D eigenvalue weighted by molar-refractivity contribution is -0.115. The zero-order valence-corrected chi connectivity index (χ0v) is 16.9. The summed E-state index contributed by atoms with van der Waals surface area (Å²) in [6.45, 7) is 3.48. The number of rotatable bonds is 8. The van der Waals surface area contributed by atoms with Crippen LogP contribution in [-0.4, -0.2) is 28.5 Å². The van der Waals surface area contributed by atoms with Gasteiger partial charge < -0.3 is 19.2 Å². The molecule has 0 radical (unpaired) electrons. The van der Waals surface area contributed by atoms with Gasteiger partial charge in [0.1, 0.15) is 17.3 Å². The van der Waals surface area contributed by atoms with E-state index >= 15 is 0 Å². The molecule has 0 saturated carbocycles. The van der Waals surface area contributed by atoms with Crippen molar-refractivity contribution >= 4 is 23.4 Å². The predicted molar refractivity (Wildman–Crippen MR) is 107 cm³/mol. The molecule has 29 heavy (non-hydrogen) atoms. The molecule has 1 N–H and O–H groups in total. The lowest BCUT2D eigenvalue weighted by Crippen LogP contribution is -2.22. The number of halogens is 1. The molecular formula is C20H20FN3O4S. The number of amides is 1. The number of hydrogen-bond acceptors (Lipinski definition) is 7. The quantitative estimate of drug-likeness (QED) is 0.541. The molecule has 0 aliphatic rings. The van der Waals surface area contributed by atoms with Crippen LogP contribution < -0.4 is 14.8 Å². The van der Waals surface area contributed by atoms with Crippen molar-refractivity contribution in [3.05, 3.63) is 60.2 Å². The van der Waals surface area contributed by atoms with E-state index in [-0.39, 0.29) is 22.8 Å². The summed E-state index contributed by atoms with van der Waals surface area (Å²) < 4.78 is 29.3. The minimum absolute atomic E-state index is 0.199. The Morgan fingerprint density at radius 2 is 1.72 bits per heavy atom. The van der Waals surface area contributed by atoms with Crippen molar-refractivity contribution in [1.29, 1.82) is 0 Å². The fraction of sp³-hybridized carbons (Fsp3) is 0.250. The van der Waals surface area contributed by atoms with Gasteiger partial charge in [-0.15, -0.1) is 10.2 Å². The van der Waals surface area contributed by atoms with E-state index in [0.717, 1.165) is 11.8 Å². The molecule has 0 unspecified atom stereocenters. The van der Waals surface area contributed by atoms with Crippen LogP contribution in [-0.2, 0) is 4.79 Å². The molecular weight excluding hydrogens is 397 g/mol. The molecule has 0 bridgehead atoms. The van der Waals surface area contributed by atoms with Crippen LogP contribution in [0.15, 0.2) is 58.2 Å². The van der Waals surface area contributed by atoms with Gasteiger partial charge in [-0.2, -0.15) is 0 Å². The van der Waals surface area contributed by atoms with Crippen molar-refractivity contribution < 1.29 is 23.1 Å². The minimum Gasteiger partial charge on any atom is -0.497 e. The molecule has 3 rings (SSSR count). The Balaban J connectivity index is 1.55. The van der Waals surface area contributed by atoms with E-state index in [4.69, 9.17) is 13.9 Å². The van der Waals surface area contributed by atoms with Crippen LogP contribution in [0.2, 0.25) is 0 Å². The number of ether oxygens (including phenoxy) is 2. The zero-order valence-electron chi connectivity index (χ0n) is 16.1. The van der Waals surface area contributed by atoms with Crippen molar-refractivity contribution in [2.24, 2.45) is 0 Å². The molecule has 1 aromatic heterocycles. The molecule has 1 amide bonds. The Bertz CT molecular complexity index is 947. The Labute approximate surface area is 171 Å². The standard InChI is InChI=1S/C20H20FN3O4S/c1-12(27-17-8-4-14(21)5-9-17)19-23-24-20(28-19)29-13(2)18(25)22-15-6-10-16(26-3)11-7-15/h4-13H,1-3H3,(H,22,25)/t12-,13-/m0/s1. The fourth-order valence-electron chi connectivity index (χ4n) is 2.32. The van der Waals surface area contributed by atoms with Gasteiger partial charge in [0.2, 0.25) is 5.91 Å². The molecule has 0 aliphatic heterocycles. The summed E-state index contributed by atoms with van der Waals surface area (Å²) in [5.41, 5.74) is 0.663. The van der Waals surface area contributed by atoms with E-state index in [1.807, 2.05) is 0 Å². The zero-order chi connectivity index (χ0) is 20.8. The lowest BCUT2D eigenvalue weighted by atomic mass is 10.3. The smallest absolute Gasteiger partial charge is 0.277 e. The highest BCUT2D eigenvalue weighted by atomic mass is 32.2. The molecule has 2 atom stereocenters. The number of methoxy groups -OCH3 is 1. The first-order chi connectivity index (χ1) is 13.9. The van der Waals surface area contributed by atoms with Gasteiger partial charge in [0.05, 0.1) is 12.4 Å².